The van der Waals surface area contributed by atoms with E-state index in [-0.39, 0.29) is 5.75 Å². The SMILES string of the molecule is COc1cc(C=Nc2nc(-c3ccc(Cl)cc3)c(-c3ccccc3)s2)ccc1O. The van der Waals surface area contributed by atoms with Gasteiger partial charge in [0.25, 0.3) is 0 Å². The monoisotopic (exact) mass is 420 g/mol. The third-order valence-corrected chi connectivity index (χ3v) is 5.56. The Morgan fingerprint density at radius 3 is 2.48 bits per heavy atom. The Morgan fingerprint density at radius 2 is 1.76 bits per heavy atom. The van der Waals surface area contributed by atoms with Gasteiger partial charge in [-0.2, -0.15) is 0 Å². The van der Waals surface area contributed by atoms with Crippen molar-refractivity contribution >= 4 is 34.3 Å². The Balaban J connectivity index is 1.74. The molecule has 4 nitrogen and oxygen atoms in total. The maximum atomic E-state index is 9.74. The third-order valence-electron chi connectivity index (χ3n) is 4.30. The Kier molecular flexibility index (Phi) is 5.60. The summed E-state index contributed by atoms with van der Waals surface area (Å²) in [6, 6.07) is 22.8. The highest BCUT2D eigenvalue weighted by Crippen LogP contribution is 2.40. The van der Waals surface area contributed by atoms with Gasteiger partial charge in [0, 0.05) is 16.8 Å². The smallest absolute Gasteiger partial charge is 0.210 e. The average Bonchev–Trinajstić information content (AvgIpc) is 3.18. The van der Waals surface area contributed by atoms with Gasteiger partial charge in [0.2, 0.25) is 5.13 Å². The number of rotatable bonds is 5. The fraction of sp³-hybridized carbons (Fsp3) is 0.0435. The quantitative estimate of drug-likeness (QED) is 0.370. The van der Waals surface area contributed by atoms with Gasteiger partial charge in [0.05, 0.1) is 17.7 Å². The second-order valence-electron chi connectivity index (χ2n) is 6.24. The lowest BCUT2D eigenvalue weighted by atomic mass is 10.1. The van der Waals surface area contributed by atoms with Crippen LogP contribution in [0.15, 0.2) is 77.8 Å². The number of aliphatic imine (C=N–C) groups is 1. The van der Waals surface area contributed by atoms with Crippen LogP contribution in [-0.4, -0.2) is 23.4 Å². The standard InChI is InChI=1S/C23H17ClN2O2S/c1-28-20-13-15(7-12-19(20)27)14-25-23-26-21(16-8-10-18(24)11-9-16)22(29-23)17-5-3-2-4-6-17/h2-14,27H,1H3. The first kappa shape index (κ1) is 19.2. The van der Waals surface area contributed by atoms with Crippen LogP contribution in [0.4, 0.5) is 5.13 Å². The molecule has 0 saturated carbocycles. The predicted molar refractivity (Wildman–Crippen MR) is 120 cm³/mol. The summed E-state index contributed by atoms with van der Waals surface area (Å²) in [5, 5.41) is 11.1. The summed E-state index contributed by atoms with van der Waals surface area (Å²) in [7, 11) is 1.52. The van der Waals surface area contributed by atoms with Crippen LogP contribution in [0.2, 0.25) is 5.02 Å². The molecule has 0 aliphatic carbocycles. The number of hydrogen-bond acceptors (Lipinski definition) is 5. The van der Waals surface area contributed by atoms with Gasteiger partial charge in [0.1, 0.15) is 0 Å². The number of aromatic nitrogens is 1. The lowest BCUT2D eigenvalue weighted by Gasteiger charge is -2.02. The lowest BCUT2D eigenvalue weighted by Crippen LogP contribution is -1.86. The number of halogens is 1. The molecule has 29 heavy (non-hydrogen) atoms. The van der Waals surface area contributed by atoms with Crippen molar-refractivity contribution in [2.75, 3.05) is 7.11 Å². The molecule has 0 atom stereocenters. The molecule has 4 aromatic rings. The van der Waals surface area contributed by atoms with Crippen LogP contribution in [0.3, 0.4) is 0 Å². The van der Waals surface area contributed by atoms with Gasteiger partial charge in [-0.05, 0) is 41.5 Å². The molecule has 0 unspecified atom stereocenters. The zero-order valence-electron chi connectivity index (χ0n) is 15.5. The van der Waals surface area contributed by atoms with E-state index >= 15 is 0 Å². The number of benzene rings is 3. The van der Waals surface area contributed by atoms with Crippen molar-refractivity contribution in [2.24, 2.45) is 4.99 Å². The van der Waals surface area contributed by atoms with Crippen molar-refractivity contribution in [3.8, 4) is 33.2 Å². The summed E-state index contributed by atoms with van der Waals surface area (Å²) in [6.45, 7) is 0. The number of phenols is 1. The normalized spacial score (nSPS) is 11.1. The van der Waals surface area contributed by atoms with E-state index in [2.05, 4.69) is 17.1 Å². The van der Waals surface area contributed by atoms with Crippen LogP contribution in [0.1, 0.15) is 5.56 Å². The number of methoxy groups -OCH3 is 1. The largest absolute Gasteiger partial charge is 0.504 e. The zero-order chi connectivity index (χ0) is 20.2. The molecule has 0 aliphatic rings. The number of aromatic hydroxyl groups is 1. The second kappa shape index (κ2) is 8.47. The Morgan fingerprint density at radius 1 is 1.00 bits per heavy atom. The van der Waals surface area contributed by atoms with Crippen molar-refractivity contribution in [2.45, 2.75) is 0 Å². The average molecular weight is 421 g/mol. The van der Waals surface area contributed by atoms with Gasteiger partial charge in [-0.3, -0.25) is 0 Å². The molecule has 0 bridgehead atoms. The molecule has 1 aromatic heterocycles. The molecule has 6 heteroatoms. The minimum absolute atomic E-state index is 0.0929. The summed E-state index contributed by atoms with van der Waals surface area (Å²) >= 11 is 7.57. The Labute approximate surface area is 177 Å². The molecule has 4 rings (SSSR count). The summed E-state index contributed by atoms with van der Waals surface area (Å²) in [5.41, 5.74) is 3.75. The Bertz CT molecular complexity index is 1160. The number of phenolic OH excluding ortho intramolecular Hbond substituents is 1. The third kappa shape index (κ3) is 4.31. The van der Waals surface area contributed by atoms with Gasteiger partial charge in [-0.25, -0.2) is 9.98 Å². The highest BCUT2D eigenvalue weighted by molar-refractivity contribution is 7.19. The van der Waals surface area contributed by atoms with Crippen molar-refractivity contribution in [3.05, 3.63) is 83.4 Å². The maximum Gasteiger partial charge on any atom is 0.210 e. The molecule has 0 aliphatic heterocycles. The molecular weight excluding hydrogens is 404 g/mol. The Hall–Kier alpha value is -3.15. The van der Waals surface area contributed by atoms with Crippen molar-refractivity contribution in [3.63, 3.8) is 0 Å². The van der Waals surface area contributed by atoms with Crippen LogP contribution >= 0.6 is 22.9 Å². The van der Waals surface area contributed by atoms with Crippen molar-refractivity contribution in [1.29, 1.82) is 0 Å². The first-order chi connectivity index (χ1) is 14.1. The van der Waals surface area contributed by atoms with Crippen LogP contribution in [0.5, 0.6) is 11.5 Å². The van der Waals surface area contributed by atoms with Gasteiger partial charge in [-0.15, -0.1) is 0 Å². The maximum absolute atomic E-state index is 9.74. The summed E-state index contributed by atoms with van der Waals surface area (Å²) in [4.78, 5) is 10.4. The molecular formula is C23H17ClN2O2S. The minimum atomic E-state index is 0.0929. The first-order valence-corrected chi connectivity index (χ1v) is 10.1. The fourth-order valence-electron chi connectivity index (χ4n) is 2.86. The highest BCUT2D eigenvalue weighted by Gasteiger charge is 2.14. The topological polar surface area (TPSA) is 54.7 Å². The first-order valence-electron chi connectivity index (χ1n) is 8.87. The van der Waals surface area contributed by atoms with Gasteiger partial charge in [-0.1, -0.05) is 65.4 Å². The molecule has 0 fully saturated rings. The van der Waals surface area contributed by atoms with Crippen LogP contribution in [-0.2, 0) is 0 Å². The van der Waals surface area contributed by atoms with Crippen molar-refractivity contribution in [1.82, 2.24) is 4.98 Å². The fourth-order valence-corrected chi connectivity index (χ4v) is 3.92. The van der Waals surface area contributed by atoms with Crippen molar-refractivity contribution < 1.29 is 9.84 Å². The van der Waals surface area contributed by atoms with E-state index < -0.39 is 0 Å². The van der Waals surface area contributed by atoms with Crippen LogP contribution < -0.4 is 4.74 Å². The predicted octanol–water partition coefficient (Wildman–Crippen LogP) is 6.60. The summed E-state index contributed by atoms with van der Waals surface area (Å²) in [6.07, 6.45) is 1.71. The van der Waals surface area contributed by atoms with Crippen LogP contribution in [0.25, 0.3) is 21.7 Å². The number of hydrogen-bond donors (Lipinski definition) is 1. The van der Waals surface area contributed by atoms with E-state index in [0.717, 1.165) is 27.3 Å². The molecule has 0 amide bonds. The number of thiazole rings is 1. The molecule has 0 spiro atoms. The molecule has 0 saturated heterocycles. The van der Waals surface area contributed by atoms with Gasteiger partial charge >= 0.3 is 0 Å². The highest BCUT2D eigenvalue weighted by atomic mass is 35.5. The number of ether oxygens (including phenoxy) is 1. The second-order valence-corrected chi connectivity index (χ2v) is 7.65. The van der Waals surface area contributed by atoms with Crippen LogP contribution in [0, 0.1) is 0 Å². The van der Waals surface area contributed by atoms with E-state index in [9.17, 15) is 5.11 Å². The minimum Gasteiger partial charge on any atom is -0.504 e. The number of nitrogens with zero attached hydrogens (tertiary/aromatic N) is 2. The molecule has 144 valence electrons. The lowest BCUT2D eigenvalue weighted by molar-refractivity contribution is 0.373. The molecule has 1 N–H and O–H groups in total. The van der Waals surface area contributed by atoms with E-state index in [4.69, 9.17) is 21.3 Å². The summed E-state index contributed by atoms with van der Waals surface area (Å²) in [5.74, 6) is 0.496. The molecule has 0 radical (unpaired) electrons. The van der Waals surface area contributed by atoms with Gasteiger partial charge < -0.3 is 9.84 Å². The summed E-state index contributed by atoms with van der Waals surface area (Å²) < 4.78 is 5.15. The molecule has 3 aromatic carbocycles. The van der Waals surface area contributed by atoms with E-state index in [0.29, 0.717) is 15.9 Å². The van der Waals surface area contributed by atoms with E-state index in [1.165, 1.54) is 18.4 Å². The molecule has 1 heterocycles. The van der Waals surface area contributed by atoms with E-state index in [1.54, 1.807) is 24.4 Å². The van der Waals surface area contributed by atoms with Gasteiger partial charge in [0.15, 0.2) is 11.5 Å². The van der Waals surface area contributed by atoms with E-state index in [1.807, 2.05) is 42.5 Å². The zero-order valence-corrected chi connectivity index (χ0v) is 17.1.